The van der Waals surface area contributed by atoms with Crippen LogP contribution in [0, 0.1) is 0 Å². The molecule has 0 aromatic heterocycles. The van der Waals surface area contributed by atoms with Crippen LogP contribution in [0.1, 0.15) is 25.7 Å². The summed E-state index contributed by atoms with van der Waals surface area (Å²) in [5.41, 5.74) is 6.63. The van der Waals surface area contributed by atoms with Gasteiger partial charge in [0.15, 0.2) is 0 Å². The van der Waals surface area contributed by atoms with E-state index >= 15 is 0 Å². The molecule has 3 N–H and O–H groups in total. The third-order valence-electron chi connectivity index (χ3n) is 3.43. The van der Waals surface area contributed by atoms with Gasteiger partial charge in [-0.15, -0.1) is 0 Å². The predicted octanol–water partition coefficient (Wildman–Crippen LogP) is 3.39. The van der Waals surface area contributed by atoms with E-state index in [1.165, 1.54) is 12.8 Å². The molecular weight excluding hydrogens is 297 g/mol. The predicted molar refractivity (Wildman–Crippen MR) is 84.4 cm³/mol. The van der Waals surface area contributed by atoms with Crippen molar-refractivity contribution in [1.29, 1.82) is 0 Å². The molecule has 1 amide bonds. The van der Waals surface area contributed by atoms with E-state index in [9.17, 15) is 4.79 Å². The van der Waals surface area contributed by atoms with Crippen molar-refractivity contribution in [1.82, 2.24) is 4.90 Å². The summed E-state index contributed by atoms with van der Waals surface area (Å²) in [5, 5.41) is 3.57. The van der Waals surface area contributed by atoms with Gasteiger partial charge >= 0.3 is 0 Å². The van der Waals surface area contributed by atoms with E-state index in [2.05, 4.69) is 17.3 Å². The van der Waals surface area contributed by atoms with Crippen molar-refractivity contribution in [2.45, 2.75) is 31.7 Å². The number of nitrogen functional groups attached to an aromatic ring is 1. The normalized spacial score (nSPS) is 14.6. The average molecular weight is 316 g/mol. The van der Waals surface area contributed by atoms with E-state index in [0.29, 0.717) is 27.8 Å². The second kappa shape index (κ2) is 6.66. The molecule has 0 spiro atoms. The number of carbonyl (C=O) groups excluding carboxylic acids is 1. The Morgan fingerprint density at radius 1 is 1.45 bits per heavy atom. The van der Waals surface area contributed by atoms with Crippen LogP contribution < -0.4 is 11.1 Å². The van der Waals surface area contributed by atoms with Crippen LogP contribution in [0.2, 0.25) is 10.0 Å². The lowest BCUT2D eigenvalue weighted by Gasteiger charge is -2.15. The number of rotatable bonds is 6. The number of halogens is 2. The Morgan fingerprint density at radius 2 is 2.15 bits per heavy atom. The van der Waals surface area contributed by atoms with E-state index in [4.69, 9.17) is 28.9 Å². The second-order valence-electron chi connectivity index (χ2n) is 5.22. The van der Waals surface area contributed by atoms with Gasteiger partial charge < -0.3 is 16.0 Å². The van der Waals surface area contributed by atoms with E-state index in [0.717, 1.165) is 19.0 Å². The molecule has 1 aliphatic rings. The lowest BCUT2D eigenvalue weighted by atomic mass is 10.2. The number of amides is 1. The number of anilines is 2. The van der Waals surface area contributed by atoms with Crippen molar-refractivity contribution in [3.05, 3.63) is 22.2 Å². The minimum absolute atomic E-state index is 0.0786. The monoisotopic (exact) mass is 315 g/mol. The second-order valence-corrected chi connectivity index (χ2v) is 6.06. The molecule has 0 heterocycles. The number of nitrogens with one attached hydrogen (secondary N) is 1. The Bertz CT molecular complexity index is 480. The zero-order chi connectivity index (χ0) is 14.7. The highest BCUT2D eigenvalue weighted by Crippen LogP contribution is 2.32. The molecule has 1 saturated carbocycles. The SMILES string of the molecule is CN(CCCC(=O)Nc1c(N)cc(Cl)cc1Cl)C1CC1. The molecule has 0 radical (unpaired) electrons. The Morgan fingerprint density at radius 3 is 2.75 bits per heavy atom. The number of benzene rings is 1. The number of nitrogens with zero attached hydrogens (tertiary/aromatic N) is 1. The summed E-state index contributed by atoms with van der Waals surface area (Å²) in [6.07, 6.45) is 3.83. The average Bonchev–Trinajstić information content (AvgIpc) is 3.17. The number of hydrogen-bond donors (Lipinski definition) is 2. The summed E-state index contributed by atoms with van der Waals surface area (Å²) in [5.74, 6) is -0.0786. The van der Waals surface area contributed by atoms with E-state index < -0.39 is 0 Å². The van der Waals surface area contributed by atoms with Gasteiger partial charge in [-0.1, -0.05) is 23.2 Å². The molecule has 1 aliphatic carbocycles. The molecule has 20 heavy (non-hydrogen) atoms. The van der Waals surface area contributed by atoms with Crippen molar-refractivity contribution in [2.24, 2.45) is 0 Å². The standard InChI is InChI=1S/C14H19Cl2N3O/c1-19(10-4-5-10)6-2-3-13(20)18-14-11(16)7-9(15)8-12(14)17/h7-8,10H,2-6,17H2,1H3,(H,18,20). The van der Waals surface area contributed by atoms with Gasteiger partial charge in [-0.2, -0.15) is 0 Å². The highest BCUT2D eigenvalue weighted by molar-refractivity contribution is 6.37. The largest absolute Gasteiger partial charge is 0.397 e. The van der Waals surface area contributed by atoms with E-state index in [1.807, 2.05) is 0 Å². The molecule has 0 bridgehead atoms. The highest BCUT2D eigenvalue weighted by Gasteiger charge is 2.25. The van der Waals surface area contributed by atoms with Crippen LogP contribution in [0.3, 0.4) is 0 Å². The Kier molecular flexibility index (Phi) is 5.13. The zero-order valence-corrected chi connectivity index (χ0v) is 13.0. The summed E-state index contributed by atoms with van der Waals surface area (Å²) in [6, 6.07) is 3.86. The van der Waals surface area contributed by atoms with Gasteiger partial charge in [0.25, 0.3) is 0 Å². The molecule has 0 saturated heterocycles. The fourth-order valence-electron chi connectivity index (χ4n) is 2.11. The minimum Gasteiger partial charge on any atom is -0.397 e. The van der Waals surface area contributed by atoms with Crippen LogP contribution in [0.4, 0.5) is 11.4 Å². The first-order valence-electron chi connectivity index (χ1n) is 6.72. The van der Waals surface area contributed by atoms with Crippen LogP contribution in [0.25, 0.3) is 0 Å². The molecule has 0 unspecified atom stereocenters. The van der Waals surface area contributed by atoms with Crippen LogP contribution >= 0.6 is 23.2 Å². The summed E-state index contributed by atoms with van der Waals surface area (Å²) < 4.78 is 0. The maximum atomic E-state index is 11.9. The van der Waals surface area contributed by atoms with Crippen molar-refractivity contribution >= 4 is 40.5 Å². The highest BCUT2D eigenvalue weighted by atomic mass is 35.5. The molecule has 4 nitrogen and oxygen atoms in total. The topological polar surface area (TPSA) is 58.4 Å². The maximum absolute atomic E-state index is 11.9. The fourth-order valence-corrected chi connectivity index (χ4v) is 2.67. The van der Waals surface area contributed by atoms with Gasteiger partial charge in [0.1, 0.15) is 0 Å². The first-order valence-corrected chi connectivity index (χ1v) is 7.47. The van der Waals surface area contributed by atoms with Gasteiger partial charge in [-0.05, 0) is 45.0 Å². The van der Waals surface area contributed by atoms with Gasteiger partial charge in [-0.3, -0.25) is 4.79 Å². The quantitative estimate of drug-likeness (QED) is 0.791. The molecule has 1 fully saturated rings. The Hall–Kier alpha value is -0.970. The third-order valence-corrected chi connectivity index (χ3v) is 3.95. The van der Waals surface area contributed by atoms with Crippen LogP contribution in [-0.4, -0.2) is 30.4 Å². The molecule has 0 aliphatic heterocycles. The smallest absolute Gasteiger partial charge is 0.224 e. The molecule has 0 atom stereocenters. The zero-order valence-electron chi connectivity index (χ0n) is 11.5. The molecular formula is C14H19Cl2N3O. The van der Waals surface area contributed by atoms with E-state index in [1.54, 1.807) is 12.1 Å². The summed E-state index contributed by atoms with van der Waals surface area (Å²) in [4.78, 5) is 14.2. The van der Waals surface area contributed by atoms with Crippen LogP contribution in [0.15, 0.2) is 12.1 Å². The maximum Gasteiger partial charge on any atom is 0.224 e. The van der Waals surface area contributed by atoms with E-state index in [-0.39, 0.29) is 5.91 Å². The van der Waals surface area contributed by atoms with Crippen LogP contribution in [0.5, 0.6) is 0 Å². The third kappa shape index (κ3) is 4.27. The number of nitrogens with two attached hydrogens (primary N) is 1. The molecule has 2 rings (SSSR count). The van der Waals surface area contributed by atoms with Crippen LogP contribution in [-0.2, 0) is 4.79 Å². The summed E-state index contributed by atoms with van der Waals surface area (Å²) >= 11 is 11.9. The molecule has 1 aromatic carbocycles. The van der Waals surface area contributed by atoms with Gasteiger partial charge in [0.05, 0.1) is 16.4 Å². The van der Waals surface area contributed by atoms with Gasteiger partial charge in [0, 0.05) is 17.5 Å². The summed E-state index contributed by atoms with van der Waals surface area (Å²) in [7, 11) is 2.10. The van der Waals surface area contributed by atoms with Gasteiger partial charge in [-0.25, -0.2) is 0 Å². The number of hydrogen-bond acceptors (Lipinski definition) is 3. The van der Waals surface area contributed by atoms with Crippen molar-refractivity contribution in [2.75, 3.05) is 24.6 Å². The first kappa shape index (κ1) is 15.4. The molecule has 6 heteroatoms. The summed E-state index contributed by atoms with van der Waals surface area (Å²) in [6.45, 7) is 0.932. The molecule has 1 aromatic rings. The van der Waals surface area contributed by atoms with Crippen molar-refractivity contribution in [3.63, 3.8) is 0 Å². The fraction of sp³-hybridized carbons (Fsp3) is 0.500. The Balaban J connectivity index is 1.82. The Labute approximate surface area is 129 Å². The lowest BCUT2D eigenvalue weighted by molar-refractivity contribution is -0.116. The molecule has 110 valence electrons. The number of carbonyl (C=O) groups is 1. The first-order chi connectivity index (χ1) is 9.47. The van der Waals surface area contributed by atoms with Gasteiger partial charge in [0.2, 0.25) is 5.91 Å². The van der Waals surface area contributed by atoms with Crippen molar-refractivity contribution in [3.8, 4) is 0 Å². The minimum atomic E-state index is -0.0786. The lowest BCUT2D eigenvalue weighted by Crippen LogP contribution is -2.23. The van der Waals surface area contributed by atoms with Crippen molar-refractivity contribution < 1.29 is 4.79 Å².